The lowest BCUT2D eigenvalue weighted by molar-refractivity contribution is -0.0545. The molecule has 1 saturated heterocycles. The lowest BCUT2D eigenvalue weighted by atomic mass is 9.88. The first-order valence-corrected chi connectivity index (χ1v) is 7.04. The highest BCUT2D eigenvalue weighted by Crippen LogP contribution is 2.34. The van der Waals surface area contributed by atoms with Crippen LogP contribution in [0.3, 0.4) is 0 Å². The number of phenols is 1. The van der Waals surface area contributed by atoms with Gasteiger partial charge in [0.05, 0.1) is 6.61 Å². The van der Waals surface area contributed by atoms with Crippen LogP contribution < -0.4 is 5.32 Å². The van der Waals surface area contributed by atoms with Gasteiger partial charge in [-0.3, -0.25) is 5.32 Å². The van der Waals surface area contributed by atoms with Gasteiger partial charge in [0.15, 0.2) is 0 Å². The summed E-state index contributed by atoms with van der Waals surface area (Å²) in [5, 5.41) is 13.4. The molecule has 18 heavy (non-hydrogen) atoms. The molecule has 3 rings (SSSR count). The second-order valence-electron chi connectivity index (χ2n) is 4.89. The number of allylic oxidation sites excluding steroid dienone is 1. The van der Waals surface area contributed by atoms with Crippen LogP contribution in [0.2, 0.25) is 0 Å². The fourth-order valence-electron chi connectivity index (χ4n) is 2.64. The molecule has 1 unspecified atom stereocenters. The number of nitrogens with one attached hydrogen (secondary N) is 1. The molecule has 1 aliphatic carbocycles. The Morgan fingerprint density at radius 1 is 1.28 bits per heavy atom. The van der Waals surface area contributed by atoms with Gasteiger partial charge in [0.2, 0.25) is 0 Å². The Morgan fingerprint density at radius 2 is 2.11 bits per heavy atom. The summed E-state index contributed by atoms with van der Waals surface area (Å²) < 4.78 is 6.79. The molecule has 2 N–H and O–H groups in total. The summed E-state index contributed by atoms with van der Waals surface area (Å²) in [7, 11) is 0. The molecule has 0 amide bonds. The summed E-state index contributed by atoms with van der Waals surface area (Å²) in [6, 6.07) is 5.88. The van der Waals surface area contributed by atoms with E-state index in [1.54, 1.807) is 6.07 Å². The number of rotatable bonds is 1. The molecular weight excluding hydrogens is 294 g/mol. The Bertz CT molecular complexity index is 475. The van der Waals surface area contributed by atoms with Crippen LogP contribution in [0.15, 0.2) is 34.8 Å². The zero-order chi connectivity index (χ0) is 12.5. The monoisotopic (exact) mass is 309 g/mol. The topological polar surface area (TPSA) is 41.5 Å². The molecule has 0 spiro atoms. The van der Waals surface area contributed by atoms with Crippen LogP contribution >= 0.6 is 15.9 Å². The van der Waals surface area contributed by atoms with Gasteiger partial charge >= 0.3 is 0 Å². The minimum absolute atomic E-state index is 0.213. The van der Waals surface area contributed by atoms with Gasteiger partial charge in [-0.05, 0) is 31.0 Å². The molecule has 2 aliphatic rings. The molecule has 1 aromatic carbocycles. The van der Waals surface area contributed by atoms with Crippen LogP contribution in [0, 0.1) is 5.92 Å². The smallest absolute Gasteiger partial charge is 0.138 e. The van der Waals surface area contributed by atoms with E-state index in [2.05, 4.69) is 33.4 Å². The van der Waals surface area contributed by atoms with E-state index in [-0.39, 0.29) is 12.0 Å². The van der Waals surface area contributed by atoms with E-state index in [4.69, 9.17) is 4.74 Å². The maximum Gasteiger partial charge on any atom is 0.138 e. The Hall–Kier alpha value is -0.840. The second kappa shape index (κ2) is 5.03. The van der Waals surface area contributed by atoms with Gasteiger partial charge in [0.25, 0.3) is 0 Å². The number of benzene rings is 1. The molecule has 96 valence electrons. The summed E-state index contributed by atoms with van der Waals surface area (Å²) in [5.41, 5.74) is 0.803. The van der Waals surface area contributed by atoms with Gasteiger partial charge in [-0.15, -0.1) is 0 Å². The Morgan fingerprint density at radius 3 is 3.00 bits per heavy atom. The van der Waals surface area contributed by atoms with Crippen molar-refractivity contribution in [2.75, 3.05) is 6.61 Å². The lowest BCUT2D eigenvalue weighted by Gasteiger charge is -2.38. The third kappa shape index (κ3) is 2.32. The molecule has 3 nitrogen and oxygen atoms in total. The van der Waals surface area contributed by atoms with Gasteiger partial charge in [-0.25, -0.2) is 0 Å². The van der Waals surface area contributed by atoms with Crippen molar-refractivity contribution in [2.24, 2.45) is 5.92 Å². The first-order valence-electron chi connectivity index (χ1n) is 6.25. The maximum absolute atomic E-state index is 9.93. The van der Waals surface area contributed by atoms with Crippen molar-refractivity contribution in [3.63, 3.8) is 0 Å². The number of phenolic OH excluding ortho intramolecular Hbond substituents is 1. The summed E-state index contributed by atoms with van der Waals surface area (Å²) in [4.78, 5) is 0. The first kappa shape index (κ1) is 12.2. The fourth-order valence-corrected chi connectivity index (χ4v) is 3.01. The average molecular weight is 310 g/mol. The number of halogens is 1. The standard InChI is InChI=1S/C14H16BrNO2/c15-10-5-6-13(17)11(7-10)14-16-12-4-2-1-3-9(12)8-18-14/h1-2,5-7,9,12,14,16-17H,3-4,8H2/t9-,12-,14?/m0/s1. The molecular formula is C14H16BrNO2. The molecule has 1 aromatic rings. The van der Waals surface area contributed by atoms with Crippen LogP contribution in [-0.4, -0.2) is 17.8 Å². The van der Waals surface area contributed by atoms with Crippen molar-refractivity contribution in [1.82, 2.24) is 5.32 Å². The molecule has 0 radical (unpaired) electrons. The largest absolute Gasteiger partial charge is 0.508 e. The Balaban J connectivity index is 1.81. The van der Waals surface area contributed by atoms with E-state index in [9.17, 15) is 5.11 Å². The molecule has 0 saturated carbocycles. The van der Waals surface area contributed by atoms with Crippen molar-refractivity contribution in [3.8, 4) is 5.75 Å². The number of ether oxygens (including phenoxy) is 1. The van der Waals surface area contributed by atoms with E-state index in [1.165, 1.54) is 0 Å². The van der Waals surface area contributed by atoms with Gasteiger partial charge in [-0.1, -0.05) is 28.1 Å². The summed E-state index contributed by atoms with van der Waals surface area (Å²) in [6.07, 6.45) is 6.35. The zero-order valence-corrected chi connectivity index (χ0v) is 11.6. The van der Waals surface area contributed by atoms with Crippen LogP contribution in [0.4, 0.5) is 0 Å². The number of aromatic hydroxyl groups is 1. The molecule has 0 aromatic heterocycles. The normalized spacial score (nSPS) is 31.1. The van der Waals surface area contributed by atoms with E-state index in [0.717, 1.165) is 29.5 Å². The number of fused-ring (bicyclic) bond motifs is 1. The SMILES string of the molecule is Oc1ccc(Br)cc1C1N[C@H]2CC=CC[C@H]2CO1. The maximum atomic E-state index is 9.93. The summed E-state index contributed by atoms with van der Waals surface area (Å²) in [5.74, 6) is 0.834. The highest BCUT2D eigenvalue weighted by Gasteiger charge is 2.32. The van der Waals surface area contributed by atoms with Crippen molar-refractivity contribution < 1.29 is 9.84 Å². The molecule has 1 fully saturated rings. The molecule has 1 heterocycles. The molecule has 4 heteroatoms. The predicted molar refractivity (Wildman–Crippen MR) is 73.3 cm³/mol. The van der Waals surface area contributed by atoms with Gasteiger partial charge in [-0.2, -0.15) is 0 Å². The van der Waals surface area contributed by atoms with E-state index >= 15 is 0 Å². The average Bonchev–Trinajstić information content (AvgIpc) is 2.41. The minimum Gasteiger partial charge on any atom is -0.508 e. The predicted octanol–water partition coefficient (Wildman–Crippen LogP) is 3.11. The highest BCUT2D eigenvalue weighted by molar-refractivity contribution is 9.10. The molecule has 1 aliphatic heterocycles. The Kier molecular flexibility index (Phi) is 3.41. The minimum atomic E-state index is -0.213. The first-order chi connectivity index (χ1) is 8.74. The van der Waals surface area contributed by atoms with E-state index in [0.29, 0.717) is 12.0 Å². The Labute approximate surface area is 115 Å². The fraction of sp³-hybridized carbons (Fsp3) is 0.429. The van der Waals surface area contributed by atoms with Crippen LogP contribution in [0.25, 0.3) is 0 Å². The summed E-state index contributed by atoms with van der Waals surface area (Å²) in [6.45, 7) is 0.749. The van der Waals surface area contributed by atoms with Crippen LogP contribution in [-0.2, 0) is 4.74 Å². The molecule has 3 atom stereocenters. The number of hydrogen-bond acceptors (Lipinski definition) is 3. The third-order valence-electron chi connectivity index (χ3n) is 3.68. The van der Waals surface area contributed by atoms with E-state index in [1.807, 2.05) is 12.1 Å². The van der Waals surface area contributed by atoms with Gasteiger partial charge < -0.3 is 9.84 Å². The van der Waals surface area contributed by atoms with Gasteiger partial charge in [0, 0.05) is 22.0 Å². The van der Waals surface area contributed by atoms with Crippen molar-refractivity contribution in [1.29, 1.82) is 0 Å². The van der Waals surface area contributed by atoms with E-state index < -0.39 is 0 Å². The van der Waals surface area contributed by atoms with Crippen molar-refractivity contribution >= 4 is 15.9 Å². The van der Waals surface area contributed by atoms with Gasteiger partial charge in [0.1, 0.15) is 12.0 Å². The lowest BCUT2D eigenvalue weighted by Crippen LogP contribution is -2.47. The van der Waals surface area contributed by atoms with Crippen LogP contribution in [0.5, 0.6) is 5.75 Å². The van der Waals surface area contributed by atoms with Crippen molar-refractivity contribution in [2.45, 2.75) is 25.1 Å². The number of hydrogen-bond donors (Lipinski definition) is 2. The highest BCUT2D eigenvalue weighted by atomic mass is 79.9. The molecule has 0 bridgehead atoms. The van der Waals surface area contributed by atoms with Crippen LogP contribution in [0.1, 0.15) is 24.6 Å². The van der Waals surface area contributed by atoms with Crippen molar-refractivity contribution in [3.05, 3.63) is 40.4 Å². The zero-order valence-electron chi connectivity index (χ0n) is 9.97. The third-order valence-corrected chi connectivity index (χ3v) is 4.17. The summed E-state index contributed by atoms with van der Waals surface area (Å²) >= 11 is 3.43. The second-order valence-corrected chi connectivity index (χ2v) is 5.81. The quantitative estimate of drug-likeness (QED) is 0.783.